The Balaban J connectivity index is 1.72. The fourth-order valence-corrected chi connectivity index (χ4v) is 3.31. The van der Waals surface area contributed by atoms with Crippen LogP contribution in [-0.4, -0.2) is 31.4 Å². The standard InChI is InChI=1S/C21H26FNO3S/c1-3-25-19-10-7-16(13-20(19)26-4-2)11-12-23-21(24)15-27-14-17-5-8-18(22)9-6-17/h5-10,13H,3-4,11-12,14-15H2,1-2H3,(H,23,24). The fraction of sp³-hybridized carbons (Fsp3) is 0.381. The molecule has 27 heavy (non-hydrogen) atoms. The molecule has 146 valence electrons. The Morgan fingerprint density at radius 2 is 1.67 bits per heavy atom. The van der Waals surface area contributed by atoms with E-state index in [4.69, 9.17) is 9.47 Å². The molecule has 0 spiro atoms. The summed E-state index contributed by atoms with van der Waals surface area (Å²) in [4.78, 5) is 11.9. The van der Waals surface area contributed by atoms with E-state index >= 15 is 0 Å². The van der Waals surface area contributed by atoms with Crippen LogP contribution in [0.2, 0.25) is 0 Å². The van der Waals surface area contributed by atoms with Gasteiger partial charge in [0.15, 0.2) is 11.5 Å². The molecule has 0 saturated heterocycles. The van der Waals surface area contributed by atoms with Crippen LogP contribution in [0.5, 0.6) is 11.5 Å². The van der Waals surface area contributed by atoms with Crippen LogP contribution in [-0.2, 0) is 17.0 Å². The zero-order valence-electron chi connectivity index (χ0n) is 15.8. The van der Waals surface area contributed by atoms with Crippen molar-refractivity contribution in [3.8, 4) is 11.5 Å². The largest absolute Gasteiger partial charge is 0.490 e. The first-order valence-corrected chi connectivity index (χ1v) is 10.2. The molecule has 0 saturated carbocycles. The van der Waals surface area contributed by atoms with Crippen LogP contribution in [0.4, 0.5) is 4.39 Å². The number of amides is 1. The Hall–Kier alpha value is -2.21. The van der Waals surface area contributed by atoms with Crippen molar-refractivity contribution >= 4 is 17.7 Å². The van der Waals surface area contributed by atoms with Crippen molar-refractivity contribution < 1.29 is 18.7 Å². The molecule has 2 aromatic rings. The zero-order chi connectivity index (χ0) is 19.5. The summed E-state index contributed by atoms with van der Waals surface area (Å²) in [6.45, 7) is 5.60. The van der Waals surface area contributed by atoms with Gasteiger partial charge in [0.2, 0.25) is 5.91 Å². The van der Waals surface area contributed by atoms with Gasteiger partial charge in [0.1, 0.15) is 5.82 Å². The lowest BCUT2D eigenvalue weighted by Crippen LogP contribution is -2.27. The van der Waals surface area contributed by atoms with Crippen LogP contribution in [0, 0.1) is 5.82 Å². The molecule has 0 aromatic heterocycles. The highest BCUT2D eigenvalue weighted by atomic mass is 32.2. The Kier molecular flexibility index (Phi) is 8.98. The predicted molar refractivity (Wildman–Crippen MR) is 108 cm³/mol. The first-order chi connectivity index (χ1) is 13.1. The Morgan fingerprint density at radius 1 is 1.00 bits per heavy atom. The monoisotopic (exact) mass is 391 g/mol. The van der Waals surface area contributed by atoms with Crippen LogP contribution >= 0.6 is 11.8 Å². The van der Waals surface area contributed by atoms with Crippen molar-refractivity contribution in [1.29, 1.82) is 0 Å². The SMILES string of the molecule is CCOc1ccc(CCNC(=O)CSCc2ccc(F)cc2)cc1OCC. The summed E-state index contributed by atoms with van der Waals surface area (Å²) in [5.74, 6) is 2.29. The lowest BCUT2D eigenvalue weighted by atomic mass is 10.1. The quantitative estimate of drug-likeness (QED) is 0.623. The summed E-state index contributed by atoms with van der Waals surface area (Å²) in [7, 11) is 0. The van der Waals surface area contributed by atoms with E-state index in [0.717, 1.165) is 29.0 Å². The van der Waals surface area contributed by atoms with Gasteiger partial charge in [-0.05, 0) is 55.7 Å². The Labute approximate surface area is 164 Å². The first kappa shape index (κ1) is 21.1. The number of rotatable bonds is 11. The average molecular weight is 392 g/mol. The summed E-state index contributed by atoms with van der Waals surface area (Å²) in [6.07, 6.45) is 0.723. The highest BCUT2D eigenvalue weighted by molar-refractivity contribution is 7.99. The molecule has 4 nitrogen and oxygen atoms in total. The molecule has 0 atom stereocenters. The molecule has 0 bridgehead atoms. The van der Waals surface area contributed by atoms with E-state index < -0.39 is 0 Å². The number of halogens is 1. The minimum Gasteiger partial charge on any atom is -0.490 e. The minimum atomic E-state index is -0.247. The molecule has 0 radical (unpaired) electrons. The van der Waals surface area contributed by atoms with E-state index in [1.54, 1.807) is 12.1 Å². The van der Waals surface area contributed by atoms with Crippen LogP contribution in [0.3, 0.4) is 0 Å². The predicted octanol–water partition coefficient (Wildman–Crippen LogP) is 4.22. The molecule has 0 aliphatic heterocycles. The molecular weight excluding hydrogens is 365 g/mol. The lowest BCUT2D eigenvalue weighted by molar-refractivity contribution is -0.118. The number of nitrogens with one attached hydrogen (secondary N) is 1. The first-order valence-electron chi connectivity index (χ1n) is 9.09. The zero-order valence-corrected chi connectivity index (χ0v) is 16.6. The van der Waals surface area contributed by atoms with Gasteiger partial charge in [-0.1, -0.05) is 18.2 Å². The van der Waals surface area contributed by atoms with Gasteiger partial charge < -0.3 is 14.8 Å². The van der Waals surface area contributed by atoms with E-state index in [2.05, 4.69) is 5.32 Å². The Bertz CT molecular complexity index is 722. The number of hydrogen-bond donors (Lipinski definition) is 1. The number of carbonyl (C=O) groups is 1. The average Bonchev–Trinajstić information content (AvgIpc) is 2.66. The third-order valence-corrected chi connectivity index (χ3v) is 4.76. The molecule has 0 fully saturated rings. The van der Waals surface area contributed by atoms with Gasteiger partial charge in [-0.2, -0.15) is 0 Å². The van der Waals surface area contributed by atoms with E-state index in [0.29, 0.717) is 31.3 Å². The van der Waals surface area contributed by atoms with E-state index in [9.17, 15) is 9.18 Å². The second-order valence-corrected chi connectivity index (χ2v) is 6.85. The molecule has 0 heterocycles. The van der Waals surface area contributed by atoms with Crippen molar-refractivity contribution in [2.75, 3.05) is 25.5 Å². The summed E-state index contributed by atoms with van der Waals surface area (Å²) in [5, 5.41) is 2.93. The van der Waals surface area contributed by atoms with Crippen molar-refractivity contribution in [2.24, 2.45) is 0 Å². The summed E-state index contributed by atoms with van der Waals surface area (Å²) >= 11 is 1.51. The van der Waals surface area contributed by atoms with Crippen molar-refractivity contribution in [1.82, 2.24) is 5.32 Å². The molecule has 2 aromatic carbocycles. The van der Waals surface area contributed by atoms with Crippen LogP contribution in [0.15, 0.2) is 42.5 Å². The Morgan fingerprint density at radius 3 is 2.37 bits per heavy atom. The molecule has 0 aliphatic carbocycles. The third-order valence-electron chi connectivity index (χ3n) is 3.76. The lowest BCUT2D eigenvalue weighted by Gasteiger charge is -2.12. The maximum Gasteiger partial charge on any atom is 0.230 e. The number of ether oxygens (including phenoxy) is 2. The fourth-order valence-electron chi connectivity index (χ4n) is 2.49. The van der Waals surface area contributed by atoms with Gasteiger partial charge >= 0.3 is 0 Å². The van der Waals surface area contributed by atoms with Gasteiger partial charge in [0.05, 0.1) is 19.0 Å². The maximum atomic E-state index is 12.9. The number of benzene rings is 2. The summed E-state index contributed by atoms with van der Waals surface area (Å²) in [6, 6.07) is 12.2. The molecule has 6 heteroatoms. The van der Waals surface area contributed by atoms with Crippen molar-refractivity contribution in [3.63, 3.8) is 0 Å². The van der Waals surface area contributed by atoms with Gasteiger partial charge in [-0.25, -0.2) is 4.39 Å². The van der Waals surface area contributed by atoms with Gasteiger partial charge in [-0.15, -0.1) is 11.8 Å². The molecule has 1 amide bonds. The van der Waals surface area contributed by atoms with Gasteiger partial charge in [0.25, 0.3) is 0 Å². The molecule has 1 N–H and O–H groups in total. The van der Waals surface area contributed by atoms with Gasteiger partial charge in [-0.3, -0.25) is 4.79 Å². The molecule has 2 rings (SSSR count). The van der Waals surface area contributed by atoms with Crippen molar-refractivity contribution in [3.05, 3.63) is 59.4 Å². The number of hydrogen-bond acceptors (Lipinski definition) is 4. The summed E-state index contributed by atoms with van der Waals surface area (Å²) in [5.41, 5.74) is 2.09. The van der Waals surface area contributed by atoms with E-state index in [1.807, 2.05) is 32.0 Å². The van der Waals surface area contributed by atoms with Crippen LogP contribution < -0.4 is 14.8 Å². The highest BCUT2D eigenvalue weighted by Gasteiger charge is 2.07. The summed E-state index contributed by atoms with van der Waals surface area (Å²) < 4.78 is 24.0. The van der Waals surface area contributed by atoms with Crippen LogP contribution in [0.25, 0.3) is 0 Å². The van der Waals surface area contributed by atoms with Gasteiger partial charge in [0, 0.05) is 12.3 Å². The minimum absolute atomic E-state index is 0.00178. The van der Waals surface area contributed by atoms with E-state index in [-0.39, 0.29) is 11.7 Å². The number of thioether (sulfide) groups is 1. The highest BCUT2D eigenvalue weighted by Crippen LogP contribution is 2.28. The second kappa shape index (κ2) is 11.5. The normalized spacial score (nSPS) is 10.5. The second-order valence-electron chi connectivity index (χ2n) is 5.87. The molecule has 0 unspecified atom stereocenters. The smallest absolute Gasteiger partial charge is 0.230 e. The van der Waals surface area contributed by atoms with Crippen molar-refractivity contribution in [2.45, 2.75) is 26.0 Å². The van der Waals surface area contributed by atoms with E-state index in [1.165, 1.54) is 23.9 Å². The topological polar surface area (TPSA) is 47.6 Å². The maximum absolute atomic E-state index is 12.9. The molecule has 0 aliphatic rings. The third kappa shape index (κ3) is 7.51. The molecular formula is C21H26FNO3S. The van der Waals surface area contributed by atoms with Crippen LogP contribution in [0.1, 0.15) is 25.0 Å². The number of carbonyl (C=O) groups excluding carboxylic acids is 1.